The third kappa shape index (κ3) is 6.97. The van der Waals surface area contributed by atoms with Gasteiger partial charge in [-0.1, -0.05) is 23.4 Å². The summed E-state index contributed by atoms with van der Waals surface area (Å²) in [6, 6.07) is 11.2. The van der Waals surface area contributed by atoms with E-state index in [1.165, 1.54) is 12.1 Å². The normalized spacial score (nSPS) is 18.7. The number of methoxy groups -OCH3 is 1. The molecule has 1 fully saturated rings. The molecule has 0 radical (unpaired) electrons. The number of hydrogen-bond acceptors (Lipinski definition) is 4. The fraction of sp³-hybridized carbons (Fsp3) is 0.379. The molecule has 194 valence electrons. The second-order valence-electron chi connectivity index (χ2n) is 9.40. The van der Waals surface area contributed by atoms with E-state index in [4.69, 9.17) is 16.3 Å². The number of benzene rings is 2. The number of likely N-dealkylation sites (tertiary alicyclic amines) is 1. The van der Waals surface area contributed by atoms with Gasteiger partial charge in [-0.15, -0.1) is 0 Å². The van der Waals surface area contributed by atoms with Gasteiger partial charge in [0.15, 0.2) is 0 Å². The van der Waals surface area contributed by atoms with Crippen LogP contribution in [0.4, 0.5) is 8.78 Å². The third-order valence-electron chi connectivity index (χ3n) is 6.98. The van der Waals surface area contributed by atoms with Gasteiger partial charge in [0.2, 0.25) is 0 Å². The Morgan fingerprint density at radius 2 is 2.11 bits per heavy atom. The third-order valence-corrected chi connectivity index (χ3v) is 7.29. The van der Waals surface area contributed by atoms with Gasteiger partial charge in [0.05, 0.1) is 24.2 Å². The van der Waals surface area contributed by atoms with Crippen LogP contribution in [-0.4, -0.2) is 47.7 Å². The summed E-state index contributed by atoms with van der Waals surface area (Å²) in [7, 11) is 1.57. The monoisotopic (exact) mass is 526 g/mol. The van der Waals surface area contributed by atoms with Gasteiger partial charge < -0.3 is 9.84 Å². The highest BCUT2D eigenvalue weighted by Crippen LogP contribution is 2.36. The number of rotatable bonds is 8. The van der Waals surface area contributed by atoms with Gasteiger partial charge in [0, 0.05) is 30.1 Å². The van der Waals surface area contributed by atoms with Crippen LogP contribution >= 0.6 is 11.6 Å². The van der Waals surface area contributed by atoms with Gasteiger partial charge in [-0.3, -0.25) is 14.7 Å². The van der Waals surface area contributed by atoms with E-state index in [1.807, 2.05) is 6.07 Å². The lowest BCUT2D eigenvalue weighted by Crippen LogP contribution is -2.41. The molecule has 1 aliphatic heterocycles. The Morgan fingerprint density at radius 3 is 2.86 bits per heavy atom. The zero-order valence-corrected chi connectivity index (χ0v) is 21.3. The molecule has 1 saturated heterocycles. The molecule has 1 aromatic heterocycles. The molecule has 0 amide bonds. The quantitative estimate of drug-likeness (QED) is 0.349. The number of aliphatic carboxylic acids is 1. The van der Waals surface area contributed by atoms with Gasteiger partial charge in [-0.25, -0.2) is 8.78 Å². The van der Waals surface area contributed by atoms with Crippen LogP contribution in [0.3, 0.4) is 0 Å². The van der Waals surface area contributed by atoms with Crippen LogP contribution in [0.25, 0.3) is 10.9 Å². The van der Waals surface area contributed by atoms with Crippen LogP contribution in [0.5, 0.6) is 5.75 Å². The van der Waals surface area contributed by atoms with Crippen LogP contribution in [0.1, 0.15) is 43.0 Å². The van der Waals surface area contributed by atoms with Gasteiger partial charge in [0.1, 0.15) is 17.7 Å². The number of pyridine rings is 1. The summed E-state index contributed by atoms with van der Waals surface area (Å²) in [4.78, 5) is 18.0. The van der Waals surface area contributed by atoms with E-state index in [-0.39, 0.29) is 23.3 Å². The molecule has 1 aliphatic rings. The number of carboxylic acid groups (broad SMARTS) is 1. The van der Waals surface area contributed by atoms with Gasteiger partial charge in [0.25, 0.3) is 0 Å². The van der Waals surface area contributed by atoms with E-state index < -0.39 is 18.0 Å². The van der Waals surface area contributed by atoms with Crippen molar-refractivity contribution < 1.29 is 23.4 Å². The van der Waals surface area contributed by atoms with Crippen molar-refractivity contribution in [3.63, 3.8) is 0 Å². The van der Waals surface area contributed by atoms with Crippen molar-refractivity contribution in [3.05, 3.63) is 70.6 Å². The van der Waals surface area contributed by atoms with E-state index in [2.05, 4.69) is 21.7 Å². The highest BCUT2D eigenvalue weighted by Gasteiger charge is 2.31. The Balaban J connectivity index is 1.39. The minimum Gasteiger partial charge on any atom is -0.497 e. The fourth-order valence-corrected chi connectivity index (χ4v) is 5.25. The minimum absolute atomic E-state index is 0.0325. The molecular weight excluding hydrogens is 498 g/mol. The maximum absolute atomic E-state index is 15.5. The van der Waals surface area contributed by atoms with Crippen LogP contribution < -0.4 is 4.74 Å². The van der Waals surface area contributed by atoms with Crippen molar-refractivity contribution in [3.8, 4) is 17.6 Å². The van der Waals surface area contributed by atoms with E-state index >= 15 is 4.39 Å². The molecule has 5 nitrogen and oxygen atoms in total. The number of carbonyl (C=O) groups is 1. The number of fused-ring (bicyclic) bond motifs is 1. The average Bonchev–Trinajstić information content (AvgIpc) is 2.88. The summed E-state index contributed by atoms with van der Waals surface area (Å²) in [5, 5.41) is 10.5. The molecule has 8 heteroatoms. The lowest BCUT2D eigenvalue weighted by molar-refractivity contribution is -0.139. The van der Waals surface area contributed by atoms with Crippen LogP contribution in [0.2, 0.25) is 5.02 Å². The zero-order valence-electron chi connectivity index (χ0n) is 20.6. The molecular formula is C29H29ClF2N2O3. The average molecular weight is 527 g/mol. The topological polar surface area (TPSA) is 62.7 Å². The molecule has 0 aliphatic carbocycles. The van der Waals surface area contributed by atoms with Crippen molar-refractivity contribution in [1.29, 1.82) is 0 Å². The molecule has 2 heterocycles. The number of hydrogen-bond donors (Lipinski definition) is 1. The molecule has 0 bridgehead atoms. The number of nitrogens with zero attached hydrogens (tertiary/aromatic N) is 2. The van der Waals surface area contributed by atoms with Gasteiger partial charge >= 0.3 is 5.97 Å². The number of piperidine rings is 1. The minimum atomic E-state index is -1.19. The van der Waals surface area contributed by atoms with Crippen LogP contribution in [0, 0.1) is 29.5 Å². The van der Waals surface area contributed by atoms with Gasteiger partial charge in [-0.2, -0.15) is 0 Å². The first-order valence-electron chi connectivity index (χ1n) is 12.3. The smallest absolute Gasteiger partial charge is 0.303 e. The predicted molar refractivity (Wildman–Crippen MR) is 140 cm³/mol. The number of aromatic nitrogens is 1. The summed E-state index contributed by atoms with van der Waals surface area (Å²) in [5.41, 5.74) is 1.84. The molecule has 0 saturated carbocycles. The number of halogens is 3. The fourth-order valence-electron chi connectivity index (χ4n) is 5.04. The molecule has 37 heavy (non-hydrogen) atoms. The molecule has 0 spiro atoms. The van der Waals surface area contributed by atoms with E-state index in [9.17, 15) is 14.3 Å². The Hall–Kier alpha value is -3.21. The molecule has 3 atom stereocenters. The summed E-state index contributed by atoms with van der Waals surface area (Å²) < 4.78 is 34.0. The Kier molecular flexibility index (Phi) is 8.96. The van der Waals surface area contributed by atoms with Crippen molar-refractivity contribution in [2.45, 2.75) is 31.9 Å². The second-order valence-corrected chi connectivity index (χ2v) is 9.80. The first kappa shape index (κ1) is 26.8. The molecule has 4 rings (SSSR count). The molecule has 2 aromatic carbocycles. The summed E-state index contributed by atoms with van der Waals surface area (Å²) in [6.45, 7) is 1.78. The zero-order chi connectivity index (χ0) is 26.4. The van der Waals surface area contributed by atoms with Crippen molar-refractivity contribution in [2.75, 3.05) is 26.7 Å². The summed E-state index contributed by atoms with van der Waals surface area (Å²) in [6.07, 6.45) is 2.13. The second kappa shape index (κ2) is 12.4. The van der Waals surface area contributed by atoms with Crippen LogP contribution in [-0.2, 0) is 4.79 Å². The number of carboxylic acids is 1. The maximum atomic E-state index is 15.5. The van der Waals surface area contributed by atoms with Crippen molar-refractivity contribution >= 4 is 28.5 Å². The number of alkyl halides is 1. The highest BCUT2D eigenvalue weighted by atomic mass is 35.5. The largest absolute Gasteiger partial charge is 0.497 e. The summed E-state index contributed by atoms with van der Waals surface area (Å²) >= 11 is 6.04. The Morgan fingerprint density at radius 1 is 1.27 bits per heavy atom. The maximum Gasteiger partial charge on any atom is 0.303 e. The van der Waals surface area contributed by atoms with Crippen molar-refractivity contribution in [1.82, 2.24) is 9.88 Å². The summed E-state index contributed by atoms with van der Waals surface area (Å²) in [5.74, 6) is 5.41. The molecule has 1 N–H and O–H groups in total. The number of ether oxygens (including phenoxy) is 1. The Labute approximate surface area is 220 Å². The van der Waals surface area contributed by atoms with E-state index in [0.717, 1.165) is 18.4 Å². The predicted octanol–water partition coefficient (Wildman–Crippen LogP) is 6.29. The first-order valence-corrected chi connectivity index (χ1v) is 12.7. The Bertz CT molecular complexity index is 1320. The first-order chi connectivity index (χ1) is 17.8. The van der Waals surface area contributed by atoms with E-state index in [1.54, 1.807) is 37.6 Å². The lowest BCUT2D eigenvalue weighted by Gasteiger charge is -2.37. The lowest BCUT2D eigenvalue weighted by atomic mass is 9.79. The van der Waals surface area contributed by atoms with Crippen molar-refractivity contribution in [2.24, 2.45) is 11.8 Å². The highest BCUT2D eigenvalue weighted by molar-refractivity contribution is 6.31. The van der Waals surface area contributed by atoms with Gasteiger partial charge in [-0.05, 0) is 85.7 Å². The standard InChI is InChI=1S/C29H29ClF2N2O3/c1-37-23-7-9-28-25(17-23)24(10-12-33-28)27(32)8-5-19-11-14-34(18-21(19)15-29(35)36)13-2-3-20-4-6-22(31)16-26(20)30/h4,6-7,9-10,12,16-17,19,21,27H,5,8,11,13-15,18H2,1H3,(H,35,36)/t19-,21+,27?/m1/s1. The molecule has 1 unspecified atom stereocenters. The SMILES string of the molecule is COc1ccc2nccc(C(F)CC[C@@H]3CCN(CC#Cc4ccc(F)cc4Cl)C[C@@H]3CC(=O)O)c2c1. The van der Waals surface area contributed by atoms with E-state index in [0.29, 0.717) is 48.3 Å². The van der Waals surface area contributed by atoms with Crippen LogP contribution in [0.15, 0.2) is 48.7 Å². The molecule has 3 aromatic rings.